The summed E-state index contributed by atoms with van der Waals surface area (Å²) in [5.74, 6) is 6.49. The fourth-order valence-electron chi connectivity index (χ4n) is 1.65. The van der Waals surface area contributed by atoms with E-state index in [2.05, 4.69) is 53.3 Å². The minimum atomic E-state index is 0.386. The van der Waals surface area contributed by atoms with Crippen molar-refractivity contribution in [2.24, 2.45) is 5.84 Å². The summed E-state index contributed by atoms with van der Waals surface area (Å²) < 4.78 is 1.89. The molecule has 0 radical (unpaired) electrons. The number of benzene rings is 1. The third-order valence-corrected chi connectivity index (χ3v) is 3.91. The zero-order chi connectivity index (χ0) is 13.8. The molecule has 1 aromatic heterocycles. The molecule has 0 fully saturated rings. The Morgan fingerprint density at radius 1 is 1.26 bits per heavy atom. The van der Waals surface area contributed by atoms with Crippen LogP contribution in [0.3, 0.4) is 0 Å². The molecule has 0 spiro atoms. The Balaban J connectivity index is 2.25. The molecule has 0 aliphatic rings. The predicted molar refractivity (Wildman–Crippen MR) is 83.8 cm³/mol. The van der Waals surface area contributed by atoms with Gasteiger partial charge in [-0.15, -0.1) is 0 Å². The van der Waals surface area contributed by atoms with Crippen LogP contribution in [0.25, 0.3) is 0 Å². The smallest absolute Gasteiger partial charge is 0.239 e. The summed E-state index contributed by atoms with van der Waals surface area (Å²) in [5.41, 5.74) is 3.62. The number of hydrogen-bond donors (Lipinski definition) is 2. The summed E-state index contributed by atoms with van der Waals surface area (Å²) in [4.78, 5) is 10.4. The molecule has 0 atom stereocenters. The maximum Gasteiger partial charge on any atom is 0.239 e. The van der Waals surface area contributed by atoms with Crippen molar-refractivity contribution < 1.29 is 0 Å². The molecule has 0 bridgehead atoms. The molecule has 100 valence electrons. The van der Waals surface area contributed by atoms with E-state index < -0.39 is 0 Å². The number of anilines is 2. The minimum absolute atomic E-state index is 0.386. The first-order valence-electron chi connectivity index (χ1n) is 5.55. The van der Waals surface area contributed by atoms with Gasteiger partial charge in [-0.25, -0.2) is 10.8 Å². The van der Waals surface area contributed by atoms with Gasteiger partial charge in [0.1, 0.15) is 5.82 Å². The maximum absolute atomic E-state index is 5.33. The van der Waals surface area contributed by atoms with Crippen LogP contribution in [0.2, 0.25) is 0 Å². The third-order valence-electron chi connectivity index (χ3n) is 2.58. The summed E-state index contributed by atoms with van der Waals surface area (Å²) in [6.07, 6.45) is 1.67. The minimum Gasteiger partial charge on any atom is -0.354 e. The summed E-state index contributed by atoms with van der Waals surface area (Å²) >= 11 is 6.99. The standard InChI is InChI=1S/C12H13Br2N5/c1-19(7-8-4-2-3-5-9(8)13)11-10(14)6-16-12(17-11)18-15/h2-6H,7,15H2,1H3,(H,16,17,18). The van der Waals surface area contributed by atoms with Crippen molar-refractivity contribution in [1.29, 1.82) is 0 Å². The predicted octanol–water partition coefficient (Wildman–Crippen LogP) is 2.92. The lowest BCUT2D eigenvalue weighted by molar-refractivity contribution is 0.882. The quantitative estimate of drug-likeness (QED) is 0.624. The first-order valence-corrected chi connectivity index (χ1v) is 7.14. The number of nitrogens with one attached hydrogen (secondary N) is 1. The summed E-state index contributed by atoms with van der Waals surface area (Å²) in [6.45, 7) is 0.723. The molecule has 7 heteroatoms. The Bertz CT molecular complexity index is 576. The second-order valence-electron chi connectivity index (χ2n) is 3.96. The van der Waals surface area contributed by atoms with E-state index in [4.69, 9.17) is 5.84 Å². The van der Waals surface area contributed by atoms with Crippen molar-refractivity contribution in [3.8, 4) is 0 Å². The molecule has 2 rings (SSSR count). The molecular formula is C12H13Br2N5. The third kappa shape index (κ3) is 3.43. The number of nitrogens with zero attached hydrogens (tertiary/aromatic N) is 3. The van der Waals surface area contributed by atoms with Crippen molar-refractivity contribution in [1.82, 2.24) is 9.97 Å². The molecule has 0 aliphatic carbocycles. The zero-order valence-corrected chi connectivity index (χ0v) is 13.4. The van der Waals surface area contributed by atoms with Crippen molar-refractivity contribution in [3.05, 3.63) is 45.0 Å². The SMILES string of the molecule is CN(Cc1ccccc1Br)c1nc(NN)ncc1Br. The van der Waals surface area contributed by atoms with Gasteiger partial charge in [-0.2, -0.15) is 4.98 Å². The van der Waals surface area contributed by atoms with Crippen LogP contribution in [0, 0.1) is 0 Å². The summed E-state index contributed by atoms with van der Waals surface area (Å²) in [5, 5.41) is 0. The molecular weight excluding hydrogens is 374 g/mol. The van der Waals surface area contributed by atoms with Crippen molar-refractivity contribution in [3.63, 3.8) is 0 Å². The average molecular weight is 387 g/mol. The van der Waals surface area contributed by atoms with Crippen LogP contribution >= 0.6 is 31.9 Å². The second kappa shape index (κ2) is 6.31. The number of halogens is 2. The van der Waals surface area contributed by atoms with Gasteiger partial charge in [-0.3, -0.25) is 5.43 Å². The number of hydrazine groups is 1. The highest BCUT2D eigenvalue weighted by Gasteiger charge is 2.11. The van der Waals surface area contributed by atoms with E-state index in [1.54, 1.807) is 6.20 Å². The van der Waals surface area contributed by atoms with Gasteiger partial charge in [0.2, 0.25) is 5.95 Å². The molecule has 3 N–H and O–H groups in total. The molecule has 5 nitrogen and oxygen atoms in total. The van der Waals surface area contributed by atoms with Crippen LogP contribution in [0.5, 0.6) is 0 Å². The van der Waals surface area contributed by atoms with E-state index >= 15 is 0 Å². The van der Waals surface area contributed by atoms with Gasteiger partial charge in [0.15, 0.2) is 0 Å². The van der Waals surface area contributed by atoms with E-state index in [0.717, 1.165) is 21.3 Å². The number of rotatable bonds is 4. The van der Waals surface area contributed by atoms with Crippen molar-refractivity contribution in [2.75, 3.05) is 17.4 Å². The molecule has 1 heterocycles. The molecule has 1 aromatic carbocycles. The van der Waals surface area contributed by atoms with E-state index in [0.29, 0.717) is 5.95 Å². The fourth-order valence-corrected chi connectivity index (χ4v) is 2.56. The van der Waals surface area contributed by atoms with Crippen molar-refractivity contribution >= 4 is 43.6 Å². The van der Waals surface area contributed by atoms with Crippen LogP contribution in [0.4, 0.5) is 11.8 Å². The molecule has 19 heavy (non-hydrogen) atoms. The molecule has 0 saturated heterocycles. The van der Waals surface area contributed by atoms with E-state index in [1.165, 1.54) is 5.56 Å². The Hall–Kier alpha value is -1.18. The van der Waals surface area contributed by atoms with E-state index in [-0.39, 0.29) is 0 Å². The zero-order valence-electron chi connectivity index (χ0n) is 10.3. The lowest BCUT2D eigenvalue weighted by atomic mass is 10.2. The van der Waals surface area contributed by atoms with Gasteiger partial charge in [-0.1, -0.05) is 34.1 Å². The molecule has 2 aromatic rings. The Morgan fingerprint density at radius 3 is 2.68 bits per heavy atom. The number of nitrogen functional groups attached to an aromatic ring is 1. The summed E-state index contributed by atoms with van der Waals surface area (Å²) in [7, 11) is 1.97. The first-order chi connectivity index (χ1) is 9.11. The molecule has 0 unspecified atom stereocenters. The van der Waals surface area contributed by atoms with Crippen molar-refractivity contribution in [2.45, 2.75) is 6.54 Å². The van der Waals surface area contributed by atoms with Gasteiger partial charge in [0.05, 0.1) is 4.47 Å². The van der Waals surface area contributed by atoms with Gasteiger partial charge in [-0.05, 0) is 27.6 Å². The van der Waals surface area contributed by atoms with Crippen LogP contribution in [-0.2, 0) is 6.54 Å². The highest BCUT2D eigenvalue weighted by Crippen LogP contribution is 2.26. The normalized spacial score (nSPS) is 10.3. The number of aromatic nitrogens is 2. The van der Waals surface area contributed by atoms with Gasteiger partial charge >= 0.3 is 0 Å². The van der Waals surface area contributed by atoms with Gasteiger partial charge in [0.25, 0.3) is 0 Å². The van der Waals surface area contributed by atoms with E-state index in [1.807, 2.05) is 30.1 Å². The maximum atomic E-state index is 5.33. The Labute approximate surface area is 128 Å². The monoisotopic (exact) mass is 385 g/mol. The topological polar surface area (TPSA) is 67.1 Å². The lowest BCUT2D eigenvalue weighted by Crippen LogP contribution is -2.20. The number of hydrogen-bond acceptors (Lipinski definition) is 5. The Kier molecular flexibility index (Phi) is 4.73. The second-order valence-corrected chi connectivity index (χ2v) is 5.67. The Morgan fingerprint density at radius 2 is 2.00 bits per heavy atom. The highest BCUT2D eigenvalue weighted by molar-refractivity contribution is 9.10. The van der Waals surface area contributed by atoms with E-state index in [9.17, 15) is 0 Å². The fraction of sp³-hybridized carbons (Fsp3) is 0.167. The first kappa shape index (κ1) is 14.2. The van der Waals surface area contributed by atoms with Crippen LogP contribution in [0.1, 0.15) is 5.56 Å². The van der Waals surface area contributed by atoms with Crippen LogP contribution in [-0.4, -0.2) is 17.0 Å². The van der Waals surface area contributed by atoms with Crippen LogP contribution in [0.15, 0.2) is 39.4 Å². The lowest BCUT2D eigenvalue weighted by Gasteiger charge is -2.20. The largest absolute Gasteiger partial charge is 0.354 e. The average Bonchev–Trinajstić information content (AvgIpc) is 2.42. The van der Waals surface area contributed by atoms with Gasteiger partial charge in [0, 0.05) is 24.3 Å². The molecule has 0 amide bonds. The summed E-state index contributed by atoms with van der Waals surface area (Å²) in [6, 6.07) is 8.09. The van der Waals surface area contributed by atoms with Gasteiger partial charge < -0.3 is 4.90 Å². The van der Waals surface area contributed by atoms with Crippen LogP contribution < -0.4 is 16.2 Å². The highest BCUT2D eigenvalue weighted by atomic mass is 79.9. The molecule has 0 saturated carbocycles. The molecule has 0 aliphatic heterocycles. The number of nitrogens with two attached hydrogens (primary N) is 1.